The Balaban J connectivity index is 2.25. The first-order valence-corrected chi connectivity index (χ1v) is 6.55. The fourth-order valence-corrected chi connectivity index (χ4v) is 1.92. The predicted octanol–water partition coefficient (Wildman–Crippen LogP) is 3.14. The van der Waals surface area contributed by atoms with Crippen molar-refractivity contribution < 1.29 is 18.6 Å². The quantitative estimate of drug-likeness (QED) is 0.888. The monoisotopic (exact) mass is 291 g/mol. The third-order valence-corrected chi connectivity index (χ3v) is 2.98. The minimum Gasteiger partial charge on any atom is -0.496 e. The first-order valence-electron chi connectivity index (χ1n) is 6.55. The van der Waals surface area contributed by atoms with Crippen molar-refractivity contribution in [2.45, 2.75) is 6.42 Å². The average molecular weight is 291 g/mol. The summed E-state index contributed by atoms with van der Waals surface area (Å²) in [5, 5.41) is 0. The molecule has 2 aromatic rings. The molecule has 0 radical (unpaired) electrons. The lowest BCUT2D eigenvalue weighted by Crippen LogP contribution is -2.03. The predicted molar refractivity (Wildman–Crippen MR) is 78.8 cm³/mol. The normalized spacial score (nSPS) is 10.3. The van der Waals surface area contributed by atoms with Crippen LogP contribution in [0.5, 0.6) is 23.0 Å². The second-order valence-electron chi connectivity index (χ2n) is 4.45. The number of benzene rings is 2. The molecule has 112 valence electrons. The van der Waals surface area contributed by atoms with E-state index in [1.54, 1.807) is 44.6 Å². The Morgan fingerprint density at radius 1 is 0.952 bits per heavy atom. The van der Waals surface area contributed by atoms with Gasteiger partial charge in [-0.3, -0.25) is 0 Å². The summed E-state index contributed by atoms with van der Waals surface area (Å²) in [4.78, 5) is 0. The first-order chi connectivity index (χ1) is 10.2. The van der Waals surface area contributed by atoms with Crippen molar-refractivity contribution in [1.29, 1.82) is 0 Å². The minimum atomic E-state index is -0.428. The number of rotatable bonds is 6. The van der Waals surface area contributed by atoms with E-state index in [9.17, 15) is 4.39 Å². The van der Waals surface area contributed by atoms with Gasteiger partial charge in [-0.25, -0.2) is 4.39 Å². The van der Waals surface area contributed by atoms with E-state index in [-0.39, 0.29) is 5.75 Å². The Morgan fingerprint density at radius 3 is 2.10 bits per heavy atom. The molecule has 4 nitrogen and oxygen atoms in total. The number of halogens is 1. The lowest BCUT2D eigenvalue weighted by atomic mass is 10.1. The SMILES string of the molecule is COc1cc(OC)cc(Oc2ccc(CCN)cc2F)c1. The summed E-state index contributed by atoms with van der Waals surface area (Å²) in [6.45, 7) is 0.479. The number of ether oxygens (including phenoxy) is 3. The molecule has 0 saturated heterocycles. The van der Waals surface area contributed by atoms with E-state index in [2.05, 4.69) is 0 Å². The van der Waals surface area contributed by atoms with Crippen LogP contribution in [0.3, 0.4) is 0 Å². The van der Waals surface area contributed by atoms with Crippen LogP contribution < -0.4 is 19.9 Å². The van der Waals surface area contributed by atoms with Crippen LogP contribution in [0.1, 0.15) is 5.56 Å². The molecule has 0 spiro atoms. The second kappa shape index (κ2) is 6.95. The molecule has 5 heteroatoms. The van der Waals surface area contributed by atoms with Crippen molar-refractivity contribution in [3.63, 3.8) is 0 Å². The summed E-state index contributed by atoms with van der Waals surface area (Å²) in [6, 6.07) is 9.85. The van der Waals surface area contributed by atoms with Gasteiger partial charge < -0.3 is 19.9 Å². The van der Waals surface area contributed by atoms with Gasteiger partial charge in [0.05, 0.1) is 14.2 Å². The Bertz CT molecular complexity index is 594. The van der Waals surface area contributed by atoms with Crippen molar-refractivity contribution >= 4 is 0 Å². The zero-order chi connectivity index (χ0) is 15.2. The highest BCUT2D eigenvalue weighted by molar-refractivity contribution is 5.44. The molecule has 0 aromatic heterocycles. The Labute approximate surface area is 123 Å². The van der Waals surface area contributed by atoms with E-state index in [0.717, 1.165) is 5.56 Å². The number of methoxy groups -OCH3 is 2. The van der Waals surface area contributed by atoms with Crippen LogP contribution in [0.4, 0.5) is 4.39 Å². The first kappa shape index (κ1) is 15.1. The largest absolute Gasteiger partial charge is 0.496 e. The molecule has 0 amide bonds. The van der Waals surface area contributed by atoms with E-state index in [0.29, 0.717) is 30.2 Å². The van der Waals surface area contributed by atoms with Crippen LogP contribution in [0.2, 0.25) is 0 Å². The molecular formula is C16H18FNO3. The highest BCUT2D eigenvalue weighted by Crippen LogP contribution is 2.32. The topological polar surface area (TPSA) is 53.7 Å². The van der Waals surface area contributed by atoms with Gasteiger partial charge >= 0.3 is 0 Å². The molecule has 2 aromatic carbocycles. The molecule has 0 aliphatic carbocycles. The number of hydrogen-bond donors (Lipinski definition) is 1. The van der Waals surface area contributed by atoms with E-state index in [1.165, 1.54) is 6.07 Å². The summed E-state index contributed by atoms with van der Waals surface area (Å²) in [5.41, 5.74) is 6.29. The molecule has 0 saturated carbocycles. The van der Waals surface area contributed by atoms with Gasteiger partial charge in [-0.15, -0.1) is 0 Å². The third-order valence-electron chi connectivity index (χ3n) is 2.98. The van der Waals surface area contributed by atoms with Gasteiger partial charge in [-0.1, -0.05) is 6.07 Å². The summed E-state index contributed by atoms with van der Waals surface area (Å²) < 4.78 is 29.9. The highest BCUT2D eigenvalue weighted by Gasteiger charge is 2.08. The zero-order valence-electron chi connectivity index (χ0n) is 12.1. The van der Waals surface area contributed by atoms with Gasteiger partial charge in [-0.2, -0.15) is 0 Å². The van der Waals surface area contributed by atoms with Crippen molar-refractivity contribution in [2.75, 3.05) is 20.8 Å². The maximum atomic E-state index is 14.0. The Kier molecular flexibility index (Phi) is 5.00. The Morgan fingerprint density at radius 2 is 1.57 bits per heavy atom. The second-order valence-corrected chi connectivity index (χ2v) is 4.45. The molecule has 0 aliphatic heterocycles. The molecule has 2 rings (SSSR count). The standard InChI is InChI=1S/C16H18FNO3/c1-19-12-8-13(20-2)10-14(9-12)21-16-4-3-11(5-6-18)7-15(16)17/h3-4,7-10H,5-6,18H2,1-2H3. The molecule has 0 bridgehead atoms. The summed E-state index contributed by atoms with van der Waals surface area (Å²) in [6.07, 6.45) is 0.629. The van der Waals surface area contributed by atoms with E-state index in [4.69, 9.17) is 19.9 Å². The van der Waals surface area contributed by atoms with Crippen LogP contribution in [-0.2, 0) is 6.42 Å². The van der Waals surface area contributed by atoms with E-state index < -0.39 is 5.82 Å². The van der Waals surface area contributed by atoms with E-state index in [1.807, 2.05) is 0 Å². The van der Waals surface area contributed by atoms with Gasteiger partial charge in [-0.05, 0) is 30.7 Å². The minimum absolute atomic E-state index is 0.145. The number of hydrogen-bond acceptors (Lipinski definition) is 4. The molecular weight excluding hydrogens is 273 g/mol. The van der Waals surface area contributed by atoms with Crippen LogP contribution in [0.15, 0.2) is 36.4 Å². The summed E-state index contributed by atoms with van der Waals surface area (Å²) in [5.74, 6) is 1.31. The number of nitrogens with two attached hydrogens (primary N) is 1. The van der Waals surface area contributed by atoms with Crippen molar-refractivity contribution in [1.82, 2.24) is 0 Å². The van der Waals surface area contributed by atoms with Gasteiger partial charge in [0, 0.05) is 18.2 Å². The van der Waals surface area contributed by atoms with Gasteiger partial charge in [0.2, 0.25) is 0 Å². The van der Waals surface area contributed by atoms with Crippen molar-refractivity contribution in [3.8, 4) is 23.0 Å². The van der Waals surface area contributed by atoms with E-state index >= 15 is 0 Å². The molecule has 21 heavy (non-hydrogen) atoms. The molecule has 0 unspecified atom stereocenters. The summed E-state index contributed by atoms with van der Waals surface area (Å²) >= 11 is 0. The molecule has 0 heterocycles. The molecule has 0 aliphatic rings. The highest BCUT2D eigenvalue weighted by atomic mass is 19.1. The zero-order valence-corrected chi connectivity index (χ0v) is 12.1. The fourth-order valence-electron chi connectivity index (χ4n) is 1.92. The lowest BCUT2D eigenvalue weighted by Gasteiger charge is -2.11. The van der Waals surface area contributed by atoms with Gasteiger partial charge in [0.15, 0.2) is 11.6 Å². The smallest absolute Gasteiger partial charge is 0.165 e. The van der Waals surface area contributed by atoms with Crippen LogP contribution >= 0.6 is 0 Å². The average Bonchev–Trinajstić information content (AvgIpc) is 2.50. The van der Waals surface area contributed by atoms with Crippen molar-refractivity contribution in [3.05, 3.63) is 47.8 Å². The van der Waals surface area contributed by atoms with Gasteiger partial charge in [0.25, 0.3) is 0 Å². The van der Waals surface area contributed by atoms with Crippen LogP contribution in [-0.4, -0.2) is 20.8 Å². The van der Waals surface area contributed by atoms with Crippen LogP contribution in [0.25, 0.3) is 0 Å². The molecule has 0 fully saturated rings. The molecule has 2 N–H and O–H groups in total. The maximum absolute atomic E-state index is 14.0. The maximum Gasteiger partial charge on any atom is 0.165 e. The lowest BCUT2D eigenvalue weighted by molar-refractivity contribution is 0.383. The Hall–Kier alpha value is -2.27. The fraction of sp³-hybridized carbons (Fsp3) is 0.250. The molecule has 0 atom stereocenters. The van der Waals surface area contributed by atoms with Gasteiger partial charge in [0.1, 0.15) is 17.2 Å². The third kappa shape index (κ3) is 3.86. The van der Waals surface area contributed by atoms with Crippen LogP contribution in [0, 0.1) is 5.82 Å². The summed E-state index contributed by atoms with van der Waals surface area (Å²) in [7, 11) is 3.08. The van der Waals surface area contributed by atoms with Crippen molar-refractivity contribution in [2.24, 2.45) is 5.73 Å².